The first-order valence-corrected chi connectivity index (χ1v) is 12.1. The molecule has 1 heterocycles. The van der Waals surface area contributed by atoms with Crippen LogP contribution in [0, 0.1) is 35.0 Å². The molecule has 3 atom stereocenters. The number of carbonyl (C=O) groups is 4. The Kier molecular flexibility index (Phi) is 5.33. The van der Waals surface area contributed by atoms with Crippen molar-refractivity contribution in [3.63, 3.8) is 0 Å². The summed E-state index contributed by atoms with van der Waals surface area (Å²) < 4.78 is 5.14. The van der Waals surface area contributed by atoms with Gasteiger partial charge in [0.15, 0.2) is 6.61 Å². The molecule has 0 spiro atoms. The molecule has 0 unspecified atom stereocenters. The Morgan fingerprint density at radius 2 is 1.52 bits per heavy atom. The van der Waals surface area contributed by atoms with Crippen LogP contribution in [0.4, 0.5) is 0 Å². The Hall–Kier alpha value is -1.92. The number of fused-ring (bicyclic) bond motifs is 1. The van der Waals surface area contributed by atoms with Gasteiger partial charge in [-0.1, -0.05) is 12.8 Å². The lowest BCUT2D eigenvalue weighted by Gasteiger charge is -2.59. The van der Waals surface area contributed by atoms with Crippen molar-refractivity contribution in [2.45, 2.75) is 77.2 Å². The van der Waals surface area contributed by atoms with Crippen LogP contribution in [-0.2, 0) is 23.9 Å². The van der Waals surface area contributed by atoms with E-state index in [1.54, 1.807) is 0 Å². The third kappa shape index (κ3) is 3.78. The van der Waals surface area contributed by atoms with Crippen LogP contribution in [0.5, 0.6) is 0 Å². The standard InChI is InChI=1S/C24H34N2O5/c1-14(24-9-15-6-16(10-24)8-17(7-15)11-24)25-20(27)13-31-21(28)12-26-22(29)18-4-2-3-5-19(18)23(26)30/h14-19H,2-13H2,1H3,(H,25,27)/t14-,15?,16?,17?,18-,19-,24?/m0/s1. The number of rotatable bonds is 6. The van der Waals surface area contributed by atoms with Gasteiger partial charge in [0.2, 0.25) is 11.8 Å². The molecular weight excluding hydrogens is 396 g/mol. The summed E-state index contributed by atoms with van der Waals surface area (Å²) in [4.78, 5) is 50.8. The van der Waals surface area contributed by atoms with E-state index in [1.165, 1.54) is 38.5 Å². The molecule has 4 bridgehead atoms. The van der Waals surface area contributed by atoms with E-state index in [2.05, 4.69) is 12.2 Å². The fraction of sp³-hybridized carbons (Fsp3) is 0.833. The van der Waals surface area contributed by atoms with Gasteiger partial charge in [0.1, 0.15) is 6.54 Å². The molecule has 3 amide bonds. The summed E-state index contributed by atoms with van der Waals surface area (Å²) in [5, 5.41) is 3.08. The van der Waals surface area contributed by atoms with Crippen molar-refractivity contribution >= 4 is 23.7 Å². The Morgan fingerprint density at radius 3 is 2.03 bits per heavy atom. The second kappa shape index (κ2) is 7.89. The topological polar surface area (TPSA) is 92.8 Å². The Balaban J connectivity index is 1.10. The van der Waals surface area contributed by atoms with Crippen LogP contribution in [0.1, 0.15) is 71.1 Å². The number of hydrogen-bond acceptors (Lipinski definition) is 5. The van der Waals surface area contributed by atoms with E-state index in [1.807, 2.05) is 0 Å². The van der Waals surface area contributed by atoms with Crippen molar-refractivity contribution in [3.8, 4) is 0 Å². The van der Waals surface area contributed by atoms with Gasteiger partial charge in [-0.3, -0.25) is 24.1 Å². The van der Waals surface area contributed by atoms with Crippen molar-refractivity contribution in [3.05, 3.63) is 0 Å². The first kappa shape index (κ1) is 21.0. The summed E-state index contributed by atoms with van der Waals surface area (Å²) in [5.41, 5.74) is 0.194. The number of ether oxygens (including phenoxy) is 1. The number of nitrogens with one attached hydrogen (secondary N) is 1. The molecular formula is C24H34N2O5. The molecule has 1 saturated heterocycles. The van der Waals surface area contributed by atoms with E-state index in [4.69, 9.17) is 4.74 Å². The number of imide groups is 1. The molecule has 1 aliphatic heterocycles. The highest BCUT2D eigenvalue weighted by Gasteiger charge is 2.53. The van der Waals surface area contributed by atoms with Gasteiger partial charge < -0.3 is 10.1 Å². The summed E-state index contributed by atoms with van der Waals surface area (Å²) >= 11 is 0. The van der Waals surface area contributed by atoms with Crippen LogP contribution in [0.15, 0.2) is 0 Å². The molecule has 7 heteroatoms. The Morgan fingerprint density at radius 1 is 1.00 bits per heavy atom. The smallest absolute Gasteiger partial charge is 0.326 e. The number of carbonyl (C=O) groups excluding carboxylic acids is 4. The van der Waals surface area contributed by atoms with Crippen molar-refractivity contribution in [1.82, 2.24) is 10.2 Å². The lowest BCUT2D eigenvalue weighted by molar-refractivity contribution is -0.155. The molecule has 31 heavy (non-hydrogen) atoms. The van der Waals surface area contributed by atoms with Gasteiger partial charge in [-0.05, 0) is 81.5 Å². The minimum absolute atomic E-state index is 0.0666. The molecule has 5 saturated carbocycles. The first-order valence-electron chi connectivity index (χ1n) is 12.1. The summed E-state index contributed by atoms with van der Waals surface area (Å²) in [6, 6.07) is 0.0666. The minimum atomic E-state index is -0.696. The van der Waals surface area contributed by atoms with Crippen LogP contribution < -0.4 is 5.32 Å². The average molecular weight is 431 g/mol. The van der Waals surface area contributed by atoms with Crippen LogP contribution in [0.2, 0.25) is 0 Å². The fourth-order valence-electron chi connectivity index (χ4n) is 7.85. The van der Waals surface area contributed by atoms with Gasteiger partial charge in [0, 0.05) is 6.04 Å². The average Bonchev–Trinajstić information content (AvgIpc) is 2.96. The van der Waals surface area contributed by atoms with Crippen molar-refractivity contribution in [1.29, 1.82) is 0 Å². The highest BCUT2D eigenvalue weighted by Crippen LogP contribution is 2.61. The zero-order valence-electron chi connectivity index (χ0n) is 18.4. The van der Waals surface area contributed by atoms with E-state index in [9.17, 15) is 19.2 Å². The third-order valence-electron chi connectivity index (χ3n) is 8.97. The highest BCUT2D eigenvalue weighted by molar-refractivity contribution is 6.07. The monoisotopic (exact) mass is 430 g/mol. The van der Waals surface area contributed by atoms with Crippen molar-refractivity contribution in [2.75, 3.05) is 13.2 Å². The second-order valence-corrected chi connectivity index (χ2v) is 11.0. The predicted octanol–water partition coefficient (Wildman–Crippen LogP) is 2.43. The molecule has 0 aromatic heterocycles. The highest BCUT2D eigenvalue weighted by atomic mass is 16.5. The molecule has 0 aromatic carbocycles. The summed E-state index contributed by atoms with van der Waals surface area (Å²) in [6.45, 7) is 1.34. The zero-order chi connectivity index (χ0) is 21.8. The number of nitrogens with zero attached hydrogens (tertiary/aromatic N) is 1. The van der Waals surface area contributed by atoms with Gasteiger partial charge in [-0.2, -0.15) is 0 Å². The van der Waals surface area contributed by atoms with E-state index in [0.717, 1.165) is 35.5 Å². The van der Waals surface area contributed by atoms with Gasteiger partial charge in [-0.15, -0.1) is 0 Å². The molecule has 6 fully saturated rings. The zero-order valence-corrected chi connectivity index (χ0v) is 18.4. The maximum atomic E-state index is 12.5. The lowest BCUT2D eigenvalue weighted by atomic mass is 9.48. The lowest BCUT2D eigenvalue weighted by Crippen LogP contribution is -2.56. The normalized spacial score (nSPS) is 39.4. The van der Waals surface area contributed by atoms with E-state index >= 15 is 0 Å². The number of likely N-dealkylation sites (tertiary alicyclic amines) is 1. The van der Waals surface area contributed by atoms with Crippen LogP contribution in [0.3, 0.4) is 0 Å². The maximum absolute atomic E-state index is 12.5. The molecule has 1 N–H and O–H groups in total. The number of esters is 1. The van der Waals surface area contributed by atoms with E-state index < -0.39 is 5.97 Å². The van der Waals surface area contributed by atoms with Crippen molar-refractivity contribution in [2.24, 2.45) is 35.0 Å². The Labute approximate surface area is 183 Å². The molecule has 0 aromatic rings. The Bertz CT molecular complexity index is 734. The van der Waals surface area contributed by atoms with Crippen LogP contribution in [0.25, 0.3) is 0 Å². The summed E-state index contributed by atoms with van der Waals surface area (Å²) in [7, 11) is 0. The predicted molar refractivity (Wildman–Crippen MR) is 111 cm³/mol. The molecule has 170 valence electrons. The second-order valence-electron chi connectivity index (χ2n) is 11.0. The van der Waals surface area contributed by atoms with Gasteiger partial charge in [0.25, 0.3) is 5.91 Å². The summed E-state index contributed by atoms with van der Waals surface area (Å²) in [5.74, 6) is 0.352. The fourth-order valence-corrected chi connectivity index (χ4v) is 7.85. The van der Waals surface area contributed by atoms with E-state index in [0.29, 0.717) is 12.8 Å². The number of hydrogen-bond donors (Lipinski definition) is 1. The van der Waals surface area contributed by atoms with Gasteiger partial charge >= 0.3 is 5.97 Å². The largest absolute Gasteiger partial charge is 0.454 e. The van der Waals surface area contributed by atoms with Crippen molar-refractivity contribution < 1.29 is 23.9 Å². The maximum Gasteiger partial charge on any atom is 0.326 e. The number of amides is 3. The van der Waals surface area contributed by atoms with Gasteiger partial charge in [-0.25, -0.2) is 0 Å². The van der Waals surface area contributed by atoms with Crippen LogP contribution >= 0.6 is 0 Å². The molecule has 7 nitrogen and oxygen atoms in total. The van der Waals surface area contributed by atoms with E-state index in [-0.39, 0.29) is 54.2 Å². The molecule has 0 radical (unpaired) electrons. The first-order chi connectivity index (χ1) is 14.8. The molecule has 6 aliphatic rings. The minimum Gasteiger partial charge on any atom is -0.454 e. The van der Waals surface area contributed by atoms with Gasteiger partial charge in [0.05, 0.1) is 11.8 Å². The third-order valence-corrected chi connectivity index (χ3v) is 8.97. The SMILES string of the molecule is C[C@H](NC(=O)COC(=O)CN1C(=O)[C@H]2CCCC[C@@H]2C1=O)C12CC3CC(CC(C3)C1)C2. The quantitative estimate of drug-likeness (QED) is 0.516. The molecule has 5 aliphatic carbocycles. The summed E-state index contributed by atoms with van der Waals surface area (Å²) in [6.07, 6.45) is 11.0. The van der Waals surface area contributed by atoms with Crippen LogP contribution in [-0.4, -0.2) is 47.8 Å². The molecule has 6 rings (SSSR count).